The number of fused-ring (bicyclic) bond motifs is 4. The third-order valence-electron chi connectivity index (χ3n) is 6.09. The van der Waals surface area contributed by atoms with Gasteiger partial charge in [0, 0.05) is 29.6 Å². The van der Waals surface area contributed by atoms with Crippen LogP contribution < -0.4 is 0 Å². The first-order chi connectivity index (χ1) is 15.1. The Hall–Kier alpha value is -3.61. The van der Waals surface area contributed by atoms with Gasteiger partial charge in [0.2, 0.25) is 0 Å². The van der Waals surface area contributed by atoms with Crippen LogP contribution in [0.1, 0.15) is 36.2 Å². The lowest BCUT2D eigenvalue weighted by atomic mass is 9.89. The van der Waals surface area contributed by atoms with E-state index in [2.05, 4.69) is 4.98 Å². The summed E-state index contributed by atoms with van der Waals surface area (Å²) in [5.74, 6) is -0.671. The summed E-state index contributed by atoms with van der Waals surface area (Å²) in [5.41, 5.74) is 3.94. The number of benzene rings is 2. The molecule has 0 saturated carbocycles. The van der Waals surface area contributed by atoms with E-state index in [1.54, 1.807) is 11.8 Å². The molecule has 0 unspecified atom stereocenters. The smallest absolute Gasteiger partial charge is 0.328 e. The van der Waals surface area contributed by atoms with Crippen molar-refractivity contribution in [3.63, 3.8) is 0 Å². The van der Waals surface area contributed by atoms with Crippen molar-refractivity contribution in [2.45, 2.75) is 31.8 Å². The fourth-order valence-corrected chi connectivity index (χ4v) is 4.75. The summed E-state index contributed by atoms with van der Waals surface area (Å²) >= 11 is 0. The third-order valence-corrected chi connectivity index (χ3v) is 6.09. The van der Waals surface area contributed by atoms with E-state index >= 15 is 0 Å². The van der Waals surface area contributed by atoms with Crippen LogP contribution in [0.15, 0.2) is 54.6 Å². The summed E-state index contributed by atoms with van der Waals surface area (Å²) in [4.78, 5) is 44.8. The Bertz CT molecular complexity index is 1170. The number of urea groups is 1. The molecule has 31 heavy (non-hydrogen) atoms. The predicted molar refractivity (Wildman–Crippen MR) is 114 cm³/mol. The van der Waals surface area contributed by atoms with E-state index in [0.717, 1.165) is 27.7 Å². The van der Waals surface area contributed by atoms with Crippen LogP contribution in [0.5, 0.6) is 0 Å². The molecule has 2 aromatic carbocycles. The quantitative estimate of drug-likeness (QED) is 0.510. The molecule has 2 atom stereocenters. The SMILES string of the molecule is CCOC(=O)CCN1C(=O)[C@@H]2Cc3c([nH]c4ccccc34)[C@@H](c3ccccc3)N2C1=O. The van der Waals surface area contributed by atoms with Gasteiger partial charge in [-0.2, -0.15) is 0 Å². The molecule has 5 rings (SSSR count). The Kier molecular flexibility index (Phi) is 4.73. The standard InChI is InChI=1S/C24H23N3O4/c1-2-31-20(28)12-13-26-23(29)19-14-17-16-10-6-7-11-18(16)25-21(17)22(27(19)24(26)30)15-8-4-3-5-9-15/h3-11,19,22,25H,2,12-14H2,1H3/t19-,22+/m0/s1. The zero-order valence-electron chi connectivity index (χ0n) is 17.2. The number of carbonyl (C=O) groups excluding carboxylic acids is 3. The number of amides is 3. The third kappa shape index (κ3) is 3.08. The molecular formula is C24H23N3O4. The Morgan fingerprint density at radius 2 is 1.84 bits per heavy atom. The first-order valence-electron chi connectivity index (χ1n) is 10.5. The maximum absolute atomic E-state index is 13.4. The van der Waals surface area contributed by atoms with Gasteiger partial charge in [-0.15, -0.1) is 0 Å². The molecule has 1 N–H and O–H groups in total. The number of esters is 1. The van der Waals surface area contributed by atoms with E-state index in [9.17, 15) is 14.4 Å². The number of H-pyrrole nitrogens is 1. The van der Waals surface area contributed by atoms with Crippen molar-refractivity contribution in [2.24, 2.45) is 0 Å². The normalized spacial score (nSPS) is 20.2. The Morgan fingerprint density at radius 1 is 1.10 bits per heavy atom. The number of ether oxygens (including phenoxy) is 1. The number of nitrogens with one attached hydrogen (secondary N) is 1. The van der Waals surface area contributed by atoms with Crippen molar-refractivity contribution < 1.29 is 19.1 Å². The Morgan fingerprint density at radius 3 is 2.61 bits per heavy atom. The number of nitrogens with zero attached hydrogens (tertiary/aromatic N) is 2. The van der Waals surface area contributed by atoms with Gasteiger partial charge in [-0.05, 0) is 24.1 Å². The molecule has 1 saturated heterocycles. The van der Waals surface area contributed by atoms with Gasteiger partial charge < -0.3 is 9.72 Å². The molecule has 1 fully saturated rings. The number of imide groups is 1. The second kappa shape index (κ2) is 7.58. The number of hydrogen-bond acceptors (Lipinski definition) is 4. The molecular weight excluding hydrogens is 394 g/mol. The minimum absolute atomic E-state index is 0.00386. The van der Waals surface area contributed by atoms with Gasteiger partial charge in [0.05, 0.1) is 13.0 Å². The van der Waals surface area contributed by atoms with Crippen LogP contribution in [-0.2, 0) is 20.7 Å². The molecule has 158 valence electrons. The molecule has 0 spiro atoms. The predicted octanol–water partition coefficient (Wildman–Crippen LogP) is 3.40. The number of para-hydroxylation sites is 1. The highest BCUT2D eigenvalue weighted by molar-refractivity contribution is 6.06. The minimum atomic E-state index is -0.591. The van der Waals surface area contributed by atoms with Gasteiger partial charge in [0.25, 0.3) is 5.91 Å². The summed E-state index contributed by atoms with van der Waals surface area (Å²) in [6.07, 6.45) is 0.444. The largest absolute Gasteiger partial charge is 0.466 e. The van der Waals surface area contributed by atoms with Crippen molar-refractivity contribution >= 4 is 28.8 Å². The molecule has 3 heterocycles. The van der Waals surface area contributed by atoms with E-state index in [1.807, 2.05) is 54.6 Å². The summed E-state index contributed by atoms with van der Waals surface area (Å²) in [7, 11) is 0. The van der Waals surface area contributed by atoms with Gasteiger partial charge in [-0.25, -0.2) is 4.79 Å². The highest BCUT2D eigenvalue weighted by Gasteiger charge is 2.52. The molecule has 0 radical (unpaired) electrons. The van der Waals surface area contributed by atoms with E-state index in [0.29, 0.717) is 6.42 Å². The van der Waals surface area contributed by atoms with Gasteiger partial charge in [0.15, 0.2) is 0 Å². The first-order valence-corrected chi connectivity index (χ1v) is 10.5. The van der Waals surface area contributed by atoms with Crippen LogP contribution in [0.3, 0.4) is 0 Å². The van der Waals surface area contributed by atoms with E-state index in [4.69, 9.17) is 4.74 Å². The summed E-state index contributed by atoms with van der Waals surface area (Å²) in [5, 5.41) is 1.07. The van der Waals surface area contributed by atoms with E-state index < -0.39 is 18.1 Å². The fraction of sp³-hybridized carbons (Fsp3) is 0.292. The zero-order valence-corrected chi connectivity index (χ0v) is 17.2. The van der Waals surface area contributed by atoms with Crippen LogP contribution in [0, 0.1) is 0 Å². The average molecular weight is 417 g/mol. The molecule has 3 amide bonds. The lowest BCUT2D eigenvalue weighted by Crippen LogP contribution is -2.44. The second-order valence-electron chi connectivity index (χ2n) is 7.83. The first kappa shape index (κ1) is 19.4. The Balaban J connectivity index is 1.57. The van der Waals surface area contributed by atoms with Gasteiger partial charge in [0.1, 0.15) is 12.1 Å². The lowest BCUT2D eigenvalue weighted by Gasteiger charge is -2.36. The molecule has 3 aromatic rings. The topological polar surface area (TPSA) is 82.7 Å². The Labute approximate surface area is 179 Å². The van der Waals surface area contributed by atoms with Crippen LogP contribution in [-0.4, -0.2) is 51.9 Å². The number of aromatic amines is 1. The molecule has 7 heteroatoms. The molecule has 7 nitrogen and oxygen atoms in total. The zero-order chi connectivity index (χ0) is 21.5. The van der Waals surface area contributed by atoms with Gasteiger partial charge in [-0.1, -0.05) is 48.5 Å². The van der Waals surface area contributed by atoms with Crippen molar-refractivity contribution in [2.75, 3.05) is 13.2 Å². The lowest BCUT2D eigenvalue weighted by molar-refractivity contribution is -0.143. The fourth-order valence-electron chi connectivity index (χ4n) is 4.75. The summed E-state index contributed by atoms with van der Waals surface area (Å²) in [6, 6.07) is 16.4. The van der Waals surface area contributed by atoms with Gasteiger partial charge in [-0.3, -0.25) is 19.4 Å². The molecule has 0 bridgehead atoms. The number of carbonyl (C=O) groups is 3. The summed E-state index contributed by atoms with van der Waals surface area (Å²) in [6.45, 7) is 2.03. The van der Waals surface area contributed by atoms with Crippen LogP contribution in [0.2, 0.25) is 0 Å². The molecule has 2 aliphatic heterocycles. The maximum Gasteiger partial charge on any atom is 0.328 e. The maximum atomic E-state index is 13.4. The average Bonchev–Trinajstić information content (AvgIpc) is 3.27. The number of rotatable bonds is 5. The molecule has 2 aliphatic rings. The van der Waals surface area contributed by atoms with Crippen molar-refractivity contribution in [3.8, 4) is 0 Å². The minimum Gasteiger partial charge on any atom is -0.466 e. The van der Waals surface area contributed by atoms with E-state index in [-0.39, 0.29) is 31.5 Å². The van der Waals surface area contributed by atoms with Crippen LogP contribution in [0.4, 0.5) is 4.79 Å². The van der Waals surface area contributed by atoms with Crippen molar-refractivity contribution in [1.82, 2.24) is 14.8 Å². The van der Waals surface area contributed by atoms with Crippen molar-refractivity contribution in [3.05, 3.63) is 71.4 Å². The second-order valence-corrected chi connectivity index (χ2v) is 7.83. The number of aromatic nitrogens is 1. The van der Waals surface area contributed by atoms with Crippen LogP contribution >= 0.6 is 0 Å². The van der Waals surface area contributed by atoms with Crippen LogP contribution in [0.25, 0.3) is 10.9 Å². The van der Waals surface area contributed by atoms with Gasteiger partial charge >= 0.3 is 12.0 Å². The molecule has 1 aromatic heterocycles. The van der Waals surface area contributed by atoms with E-state index in [1.165, 1.54) is 4.90 Å². The summed E-state index contributed by atoms with van der Waals surface area (Å²) < 4.78 is 4.96. The monoisotopic (exact) mass is 417 g/mol. The highest BCUT2D eigenvalue weighted by atomic mass is 16.5. The van der Waals surface area contributed by atoms with Crippen molar-refractivity contribution in [1.29, 1.82) is 0 Å². The number of hydrogen-bond donors (Lipinski definition) is 1. The highest BCUT2D eigenvalue weighted by Crippen LogP contribution is 2.43. The molecule has 0 aliphatic carbocycles.